The van der Waals surface area contributed by atoms with E-state index < -0.39 is 0 Å². The molecule has 1 aliphatic rings. The molecule has 1 saturated heterocycles. The molecule has 3 aromatic carbocycles. The van der Waals surface area contributed by atoms with E-state index in [1.807, 2.05) is 0 Å². The molecule has 0 atom stereocenters. The van der Waals surface area contributed by atoms with Crippen LogP contribution in [-0.4, -0.2) is 13.1 Å². The van der Waals surface area contributed by atoms with E-state index in [1.54, 1.807) is 0 Å². The Morgan fingerprint density at radius 2 is 1.58 bits per heavy atom. The minimum atomic E-state index is 0.246. The molecule has 1 aliphatic heterocycles. The van der Waals surface area contributed by atoms with Crippen molar-refractivity contribution in [2.24, 2.45) is 0 Å². The maximum absolute atomic E-state index is 3.54. The zero-order chi connectivity index (χ0) is 12.7. The summed E-state index contributed by atoms with van der Waals surface area (Å²) in [6, 6.07) is 20.8. The quantitative estimate of drug-likeness (QED) is 0.646. The average Bonchev–Trinajstić information content (AvgIpc) is 2.98. The van der Waals surface area contributed by atoms with Crippen LogP contribution in [0.15, 0.2) is 48.5 Å². The molecule has 2 heteroatoms. The topological polar surface area (TPSA) is 24.1 Å². The van der Waals surface area contributed by atoms with Crippen molar-refractivity contribution >= 4 is 21.5 Å². The first-order valence-electron chi connectivity index (χ1n) is 6.72. The predicted molar refractivity (Wildman–Crippen MR) is 79.0 cm³/mol. The Kier molecular flexibility index (Phi) is 2.50. The van der Waals surface area contributed by atoms with Crippen molar-refractivity contribution in [3.8, 4) is 0 Å². The second kappa shape index (κ2) is 4.34. The van der Waals surface area contributed by atoms with Gasteiger partial charge in [-0.2, -0.15) is 0 Å². The van der Waals surface area contributed by atoms with E-state index in [9.17, 15) is 0 Å². The zero-order valence-corrected chi connectivity index (χ0v) is 10.6. The van der Waals surface area contributed by atoms with Gasteiger partial charge in [-0.15, -0.1) is 0 Å². The SMILES string of the molecule is [c]1c(C2NCCN2)ccc2cc3ccccc3cc12. The summed E-state index contributed by atoms with van der Waals surface area (Å²) in [5.74, 6) is 0. The second-order valence-corrected chi connectivity index (χ2v) is 5.04. The molecule has 0 spiro atoms. The molecular formula is C17H15N2. The van der Waals surface area contributed by atoms with Gasteiger partial charge in [-0.1, -0.05) is 36.4 Å². The largest absolute Gasteiger partial charge is 0.297 e. The average molecular weight is 247 g/mol. The van der Waals surface area contributed by atoms with Crippen LogP contribution in [-0.2, 0) is 0 Å². The Morgan fingerprint density at radius 3 is 2.37 bits per heavy atom. The van der Waals surface area contributed by atoms with E-state index in [0.717, 1.165) is 13.1 Å². The first-order chi connectivity index (χ1) is 9.40. The zero-order valence-electron chi connectivity index (χ0n) is 10.6. The normalized spacial score (nSPS) is 16.4. The molecule has 4 rings (SSSR count). The Labute approximate surface area is 112 Å². The van der Waals surface area contributed by atoms with E-state index in [0.29, 0.717) is 0 Å². The van der Waals surface area contributed by atoms with Gasteiger partial charge in [0.25, 0.3) is 0 Å². The maximum atomic E-state index is 3.54. The molecule has 0 saturated carbocycles. The van der Waals surface area contributed by atoms with Crippen LogP contribution < -0.4 is 10.6 Å². The smallest absolute Gasteiger partial charge is 0.0842 e. The molecule has 0 amide bonds. The summed E-state index contributed by atoms with van der Waals surface area (Å²) in [6.07, 6.45) is 0.246. The summed E-state index contributed by atoms with van der Waals surface area (Å²) in [7, 11) is 0. The highest BCUT2D eigenvalue weighted by Gasteiger charge is 2.15. The molecule has 1 fully saturated rings. The highest BCUT2D eigenvalue weighted by molar-refractivity contribution is 5.98. The lowest BCUT2D eigenvalue weighted by Gasteiger charge is -2.12. The Balaban J connectivity index is 1.89. The van der Waals surface area contributed by atoms with E-state index in [4.69, 9.17) is 0 Å². The molecule has 19 heavy (non-hydrogen) atoms. The predicted octanol–water partition coefficient (Wildman–Crippen LogP) is 2.98. The Hall–Kier alpha value is -1.90. The van der Waals surface area contributed by atoms with Crippen molar-refractivity contribution in [2.75, 3.05) is 13.1 Å². The Morgan fingerprint density at radius 1 is 0.842 bits per heavy atom. The third-order valence-electron chi connectivity index (χ3n) is 3.77. The number of nitrogens with one attached hydrogen (secondary N) is 2. The number of rotatable bonds is 1. The standard InChI is InChI=1S/C17H15N2/c1-2-4-13-10-16-11-15(17-18-7-8-19-17)6-5-14(16)9-12(13)3-1/h1-6,9-10,17-19H,7-8H2. The summed E-state index contributed by atoms with van der Waals surface area (Å²) in [5, 5.41) is 11.9. The molecule has 2 nitrogen and oxygen atoms in total. The fraction of sp³-hybridized carbons (Fsp3) is 0.176. The van der Waals surface area contributed by atoms with Gasteiger partial charge in [-0.25, -0.2) is 0 Å². The van der Waals surface area contributed by atoms with Crippen molar-refractivity contribution in [2.45, 2.75) is 6.17 Å². The van der Waals surface area contributed by atoms with E-state index >= 15 is 0 Å². The Bertz CT molecular complexity index is 742. The summed E-state index contributed by atoms with van der Waals surface area (Å²) < 4.78 is 0. The van der Waals surface area contributed by atoms with Crippen LogP contribution in [0.3, 0.4) is 0 Å². The minimum absolute atomic E-state index is 0.246. The van der Waals surface area contributed by atoms with Crippen LogP contribution in [0.25, 0.3) is 21.5 Å². The van der Waals surface area contributed by atoms with Gasteiger partial charge in [-0.3, -0.25) is 10.6 Å². The van der Waals surface area contributed by atoms with E-state index in [-0.39, 0.29) is 6.17 Å². The molecule has 2 N–H and O–H groups in total. The van der Waals surface area contributed by atoms with Gasteiger partial charge in [0, 0.05) is 13.1 Å². The number of fused-ring (bicyclic) bond motifs is 2. The molecule has 0 bridgehead atoms. The molecule has 93 valence electrons. The van der Waals surface area contributed by atoms with Gasteiger partial charge in [0.05, 0.1) is 6.17 Å². The first kappa shape index (κ1) is 11.0. The van der Waals surface area contributed by atoms with Crippen LogP contribution >= 0.6 is 0 Å². The van der Waals surface area contributed by atoms with Crippen molar-refractivity contribution in [1.29, 1.82) is 0 Å². The van der Waals surface area contributed by atoms with Crippen molar-refractivity contribution < 1.29 is 0 Å². The lowest BCUT2D eigenvalue weighted by atomic mass is 10.0. The molecule has 0 unspecified atom stereocenters. The third kappa shape index (κ3) is 1.89. The molecule has 0 aromatic heterocycles. The van der Waals surface area contributed by atoms with Gasteiger partial charge in [0.1, 0.15) is 0 Å². The maximum Gasteiger partial charge on any atom is 0.0842 e. The molecule has 3 aromatic rings. The van der Waals surface area contributed by atoms with Crippen molar-refractivity contribution in [3.63, 3.8) is 0 Å². The van der Waals surface area contributed by atoms with Crippen LogP contribution in [0, 0.1) is 6.07 Å². The van der Waals surface area contributed by atoms with E-state index in [1.165, 1.54) is 27.1 Å². The number of hydrogen-bond donors (Lipinski definition) is 2. The monoisotopic (exact) mass is 247 g/mol. The van der Waals surface area contributed by atoms with Crippen LogP contribution in [0.4, 0.5) is 0 Å². The molecule has 1 radical (unpaired) electrons. The minimum Gasteiger partial charge on any atom is -0.297 e. The van der Waals surface area contributed by atoms with Gasteiger partial charge in [0.2, 0.25) is 0 Å². The van der Waals surface area contributed by atoms with Crippen molar-refractivity contribution in [3.05, 3.63) is 60.2 Å². The summed E-state index contributed by atoms with van der Waals surface area (Å²) in [6.45, 7) is 2.04. The van der Waals surface area contributed by atoms with Crippen LogP contribution in [0.2, 0.25) is 0 Å². The van der Waals surface area contributed by atoms with Gasteiger partial charge < -0.3 is 0 Å². The third-order valence-corrected chi connectivity index (χ3v) is 3.77. The molecule has 0 aliphatic carbocycles. The van der Waals surface area contributed by atoms with E-state index in [2.05, 4.69) is 65.2 Å². The lowest BCUT2D eigenvalue weighted by Crippen LogP contribution is -2.21. The second-order valence-electron chi connectivity index (χ2n) is 5.04. The number of benzene rings is 3. The lowest BCUT2D eigenvalue weighted by molar-refractivity contribution is 0.588. The highest BCUT2D eigenvalue weighted by Crippen LogP contribution is 2.25. The summed E-state index contributed by atoms with van der Waals surface area (Å²) in [5.41, 5.74) is 1.19. The molecular weight excluding hydrogens is 232 g/mol. The fourth-order valence-electron chi connectivity index (χ4n) is 2.77. The van der Waals surface area contributed by atoms with Gasteiger partial charge >= 0.3 is 0 Å². The van der Waals surface area contributed by atoms with Crippen LogP contribution in [0.5, 0.6) is 0 Å². The first-order valence-corrected chi connectivity index (χ1v) is 6.72. The number of hydrogen-bond acceptors (Lipinski definition) is 2. The highest BCUT2D eigenvalue weighted by atomic mass is 15.2. The summed E-state index contributed by atoms with van der Waals surface area (Å²) >= 11 is 0. The van der Waals surface area contributed by atoms with Gasteiger partial charge in [-0.05, 0) is 45.3 Å². The van der Waals surface area contributed by atoms with Gasteiger partial charge in [0.15, 0.2) is 0 Å². The fourth-order valence-corrected chi connectivity index (χ4v) is 2.77. The van der Waals surface area contributed by atoms with Crippen LogP contribution in [0.1, 0.15) is 11.7 Å². The molecule has 1 heterocycles. The van der Waals surface area contributed by atoms with Crippen molar-refractivity contribution in [1.82, 2.24) is 10.6 Å². The summed E-state index contributed by atoms with van der Waals surface area (Å²) in [4.78, 5) is 0.